The van der Waals surface area contributed by atoms with Gasteiger partial charge in [-0.05, 0) is 39.2 Å². The lowest BCUT2D eigenvalue weighted by Crippen LogP contribution is -2.40. The molecule has 1 aliphatic rings. The van der Waals surface area contributed by atoms with Crippen molar-refractivity contribution >= 4 is 11.8 Å². The molecule has 1 aromatic heterocycles. The molecule has 1 fully saturated rings. The molecule has 0 spiro atoms. The van der Waals surface area contributed by atoms with E-state index < -0.39 is 0 Å². The number of nitrogens with one attached hydrogen (secondary N) is 1. The van der Waals surface area contributed by atoms with Gasteiger partial charge in [-0.1, -0.05) is 13.3 Å². The molecule has 2 amide bonds. The van der Waals surface area contributed by atoms with Gasteiger partial charge in [0, 0.05) is 32.7 Å². The summed E-state index contributed by atoms with van der Waals surface area (Å²) >= 11 is 0. The van der Waals surface area contributed by atoms with Crippen LogP contribution in [0.4, 0.5) is 0 Å². The number of nitrogens with zero attached hydrogens (tertiary/aromatic N) is 1. The predicted octanol–water partition coefficient (Wildman–Crippen LogP) is 2.82. The van der Waals surface area contributed by atoms with Gasteiger partial charge in [-0.2, -0.15) is 0 Å². The van der Waals surface area contributed by atoms with Gasteiger partial charge in [-0.3, -0.25) is 9.59 Å². The number of carbonyl (C=O) groups is 2. The number of amides is 2. The number of hydrogen-bond acceptors (Lipinski definition) is 4. The SMILES string of the molecule is CCCCNC(=O)CCN(C[C@@H]1CCCO1)C(=O)c1cc(C)oc1C. The third-order valence-corrected chi connectivity index (χ3v) is 4.47. The molecule has 0 aliphatic carbocycles. The third kappa shape index (κ3) is 5.88. The highest BCUT2D eigenvalue weighted by molar-refractivity contribution is 5.95. The average molecular weight is 350 g/mol. The molecule has 6 nitrogen and oxygen atoms in total. The summed E-state index contributed by atoms with van der Waals surface area (Å²) in [5.74, 6) is 1.23. The molecule has 0 saturated carbocycles. The second-order valence-corrected chi connectivity index (χ2v) is 6.67. The first kappa shape index (κ1) is 19.5. The molecular formula is C19H30N2O4. The molecule has 140 valence electrons. The summed E-state index contributed by atoms with van der Waals surface area (Å²) in [6.07, 6.45) is 4.35. The van der Waals surface area contributed by atoms with Crippen LogP contribution in [-0.4, -0.2) is 49.1 Å². The van der Waals surface area contributed by atoms with Crippen LogP contribution in [0.2, 0.25) is 0 Å². The number of furan rings is 1. The van der Waals surface area contributed by atoms with Gasteiger partial charge in [0.05, 0.1) is 11.7 Å². The highest BCUT2D eigenvalue weighted by Crippen LogP contribution is 2.19. The molecule has 25 heavy (non-hydrogen) atoms. The van der Waals surface area contributed by atoms with Gasteiger partial charge in [-0.25, -0.2) is 0 Å². The van der Waals surface area contributed by atoms with Crippen molar-refractivity contribution in [1.29, 1.82) is 0 Å². The van der Waals surface area contributed by atoms with Crippen molar-refractivity contribution < 1.29 is 18.7 Å². The second-order valence-electron chi connectivity index (χ2n) is 6.67. The molecule has 0 unspecified atom stereocenters. The molecule has 2 heterocycles. The Labute approximate surface area is 149 Å². The van der Waals surface area contributed by atoms with Crippen LogP contribution >= 0.6 is 0 Å². The van der Waals surface area contributed by atoms with E-state index in [2.05, 4.69) is 12.2 Å². The summed E-state index contributed by atoms with van der Waals surface area (Å²) in [4.78, 5) is 26.6. The zero-order valence-corrected chi connectivity index (χ0v) is 15.6. The number of ether oxygens (including phenoxy) is 1. The minimum absolute atomic E-state index is 0.0151. The van der Waals surface area contributed by atoms with Gasteiger partial charge in [0.15, 0.2) is 0 Å². The van der Waals surface area contributed by atoms with Crippen molar-refractivity contribution in [3.8, 4) is 0 Å². The van der Waals surface area contributed by atoms with Crippen LogP contribution in [-0.2, 0) is 9.53 Å². The maximum absolute atomic E-state index is 12.9. The molecule has 1 atom stereocenters. The van der Waals surface area contributed by atoms with E-state index in [9.17, 15) is 9.59 Å². The lowest BCUT2D eigenvalue weighted by atomic mass is 10.1. The van der Waals surface area contributed by atoms with Crippen LogP contribution in [0, 0.1) is 13.8 Å². The van der Waals surface area contributed by atoms with Crippen LogP contribution in [0.15, 0.2) is 10.5 Å². The van der Waals surface area contributed by atoms with E-state index in [0.717, 1.165) is 38.1 Å². The number of unbranched alkanes of at least 4 members (excludes halogenated alkanes) is 1. The van der Waals surface area contributed by atoms with Gasteiger partial charge in [-0.15, -0.1) is 0 Å². The first-order valence-corrected chi connectivity index (χ1v) is 9.25. The van der Waals surface area contributed by atoms with Crippen molar-refractivity contribution in [2.45, 2.75) is 59.0 Å². The Morgan fingerprint density at radius 2 is 2.16 bits per heavy atom. The molecule has 1 saturated heterocycles. The molecule has 0 aromatic carbocycles. The Hall–Kier alpha value is -1.82. The van der Waals surface area contributed by atoms with Crippen LogP contribution in [0.25, 0.3) is 0 Å². The summed E-state index contributed by atoms with van der Waals surface area (Å²) in [5, 5.41) is 2.90. The highest BCUT2D eigenvalue weighted by Gasteiger charge is 2.26. The first-order chi connectivity index (χ1) is 12.0. The Balaban J connectivity index is 1.98. The van der Waals surface area contributed by atoms with Gasteiger partial charge in [0.2, 0.25) is 5.91 Å². The van der Waals surface area contributed by atoms with Gasteiger partial charge in [0.25, 0.3) is 5.91 Å². The van der Waals surface area contributed by atoms with Gasteiger partial charge in [0.1, 0.15) is 11.5 Å². The normalized spacial score (nSPS) is 16.8. The van der Waals surface area contributed by atoms with E-state index >= 15 is 0 Å². The first-order valence-electron chi connectivity index (χ1n) is 9.25. The lowest BCUT2D eigenvalue weighted by molar-refractivity contribution is -0.121. The summed E-state index contributed by atoms with van der Waals surface area (Å²) in [7, 11) is 0. The Bertz CT molecular complexity index is 576. The van der Waals surface area contributed by atoms with Crippen molar-refractivity contribution in [2.75, 3.05) is 26.2 Å². The van der Waals surface area contributed by atoms with Gasteiger partial charge >= 0.3 is 0 Å². The second kappa shape index (κ2) is 9.61. The molecule has 0 bridgehead atoms. The number of hydrogen-bond donors (Lipinski definition) is 1. The van der Waals surface area contributed by atoms with Crippen molar-refractivity contribution in [3.05, 3.63) is 23.2 Å². The molecule has 6 heteroatoms. The highest BCUT2D eigenvalue weighted by atomic mass is 16.5. The summed E-state index contributed by atoms with van der Waals surface area (Å²) in [6.45, 7) is 8.05. The molecule has 2 rings (SSSR count). The summed E-state index contributed by atoms with van der Waals surface area (Å²) in [6, 6.07) is 1.77. The van der Waals surface area contributed by atoms with E-state index in [-0.39, 0.29) is 17.9 Å². The minimum atomic E-state index is -0.0915. The zero-order chi connectivity index (χ0) is 18.2. The molecule has 1 N–H and O–H groups in total. The Kier molecular flexibility index (Phi) is 7.50. The Morgan fingerprint density at radius 1 is 1.36 bits per heavy atom. The van der Waals surface area contributed by atoms with E-state index in [1.807, 2.05) is 6.92 Å². The topological polar surface area (TPSA) is 71.8 Å². The van der Waals surface area contributed by atoms with Gasteiger partial charge < -0.3 is 19.4 Å². The third-order valence-electron chi connectivity index (χ3n) is 4.47. The van der Waals surface area contributed by atoms with E-state index in [4.69, 9.17) is 9.15 Å². The van der Waals surface area contributed by atoms with Crippen LogP contribution in [0.3, 0.4) is 0 Å². The molecule has 1 aromatic rings. The minimum Gasteiger partial charge on any atom is -0.466 e. The van der Waals surface area contributed by atoms with Crippen molar-refractivity contribution in [3.63, 3.8) is 0 Å². The standard InChI is InChI=1S/C19H30N2O4/c1-4-5-9-20-18(22)8-10-21(13-16-7-6-11-24-16)19(23)17-12-14(2)25-15(17)3/h12,16H,4-11,13H2,1-3H3,(H,20,22)/t16-/m0/s1. The molecule has 1 aliphatic heterocycles. The van der Waals surface area contributed by atoms with Crippen LogP contribution in [0.1, 0.15) is 60.9 Å². The average Bonchev–Trinajstić information content (AvgIpc) is 3.20. The quantitative estimate of drug-likeness (QED) is 0.695. The molecular weight excluding hydrogens is 320 g/mol. The predicted molar refractivity (Wildman–Crippen MR) is 95.6 cm³/mol. The Morgan fingerprint density at radius 3 is 2.76 bits per heavy atom. The fourth-order valence-corrected chi connectivity index (χ4v) is 3.05. The van der Waals surface area contributed by atoms with E-state index in [1.165, 1.54) is 0 Å². The maximum atomic E-state index is 12.9. The number of aryl methyl sites for hydroxylation is 2. The largest absolute Gasteiger partial charge is 0.466 e. The fourth-order valence-electron chi connectivity index (χ4n) is 3.05. The fraction of sp³-hybridized carbons (Fsp3) is 0.684. The maximum Gasteiger partial charge on any atom is 0.257 e. The van der Waals surface area contributed by atoms with Crippen LogP contribution < -0.4 is 5.32 Å². The van der Waals surface area contributed by atoms with Crippen LogP contribution in [0.5, 0.6) is 0 Å². The van der Waals surface area contributed by atoms with Crippen molar-refractivity contribution in [2.24, 2.45) is 0 Å². The van der Waals surface area contributed by atoms with E-state index in [1.54, 1.807) is 17.9 Å². The molecule has 0 radical (unpaired) electrons. The summed E-state index contributed by atoms with van der Waals surface area (Å²) in [5.41, 5.74) is 0.571. The lowest BCUT2D eigenvalue weighted by Gasteiger charge is -2.25. The number of rotatable bonds is 9. The van der Waals surface area contributed by atoms with Crippen molar-refractivity contribution in [1.82, 2.24) is 10.2 Å². The zero-order valence-electron chi connectivity index (χ0n) is 15.6. The summed E-state index contributed by atoms with van der Waals surface area (Å²) < 4.78 is 11.2. The monoisotopic (exact) mass is 350 g/mol. The smallest absolute Gasteiger partial charge is 0.257 e. The number of carbonyl (C=O) groups excluding carboxylic acids is 2. The van der Waals surface area contributed by atoms with E-state index in [0.29, 0.717) is 37.4 Å².